The van der Waals surface area contributed by atoms with Crippen molar-refractivity contribution in [1.82, 2.24) is 15.5 Å². The number of carbonyl (C=O) groups excluding carboxylic acids is 1. The largest absolute Gasteiger partial charge is 0.444 e. The van der Waals surface area contributed by atoms with E-state index < -0.39 is 5.60 Å². The van der Waals surface area contributed by atoms with Crippen LogP contribution in [0.5, 0.6) is 0 Å². The Balaban J connectivity index is 1.85. The highest BCUT2D eigenvalue weighted by Gasteiger charge is 2.20. The van der Waals surface area contributed by atoms with E-state index in [9.17, 15) is 4.79 Å². The van der Waals surface area contributed by atoms with Crippen LogP contribution < -0.4 is 10.6 Å². The average molecular weight is 319 g/mol. The van der Waals surface area contributed by atoms with Crippen molar-refractivity contribution in [2.24, 2.45) is 0 Å². The minimum Gasteiger partial charge on any atom is -0.444 e. The number of ether oxygens (including phenoxy) is 1. The molecule has 2 rings (SSSR count). The molecule has 2 N–H and O–H groups in total. The van der Waals surface area contributed by atoms with Gasteiger partial charge in [0, 0.05) is 32.7 Å². The van der Waals surface area contributed by atoms with Crippen LogP contribution in [0.2, 0.25) is 0 Å². The first kappa shape index (κ1) is 17.8. The molecule has 128 valence electrons. The normalized spacial score (nSPS) is 18.0. The summed E-state index contributed by atoms with van der Waals surface area (Å²) in [6.45, 7) is 8.93. The third-order valence-corrected chi connectivity index (χ3v) is 3.90. The molecule has 0 bridgehead atoms. The van der Waals surface area contributed by atoms with E-state index in [0.29, 0.717) is 12.6 Å². The summed E-state index contributed by atoms with van der Waals surface area (Å²) in [5.41, 5.74) is 2.26. The number of hydrogen-bond donors (Lipinski definition) is 2. The number of nitrogens with one attached hydrogen (secondary N) is 2. The lowest BCUT2D eigenvalue weighted by molar-refractivity contribution is 0.0299. The standard InChI is InChI=1S/C18H29N3O2/c1-18(2,3)23-17(22)21(4)12-11-20-16-9-10-19-13-14-7-5-6-8-15(14)16/h5-8,16,19-20H,9-13H2,1-4H3. The quantitative estimate of drug-likeness (QED) is 0.896. The lowest BCUT2D eigenvalue weighted by atomic mass is 9.99. The van der Waals surface area contributed by atoms with Gasteiger partial charge < -0.3 is 20.3 Å². The van der Waals surface area contributed by atoms with Gasteiger partial charge in [-0.05, 0) is 44.9 Å². The lowest BCUT2D eigenvalue weighted by Gasteiger charge is -2.25. The van der Waals surface area contributed by atoms with Crippen molar-refractivity contribution in [3.8, 4) is 0 Å². The first-order valence-corrected chi connectivity index (χ1v) is 8.33. The van der Waals surface area contributed by atoms with E-state index in [1.807, 2.05) is 20.8 Å². The molecule has 5 nitrogen and oxygen atoms in total. The molecule has 0 spiro atoms. The summed E-state index contributed by atoms with van der Waals surface area (Å²) in [6, 6.07) is 8.87. The SMILES string of the molecule is CN(CCNC1CCNCc2ccccc21)C(=O)OC(C)(C)C. The summed E-state index contributed by atoms with van der Waals surface area (Å²) in [5.74, 6) is 0. The third kappa shape index (κ3) is 5.52. The van der Waals surface area contributed by atoms with E-state index in [0.717, 1.165) is 26.1 Å². The maximum atomic E-state index is 12.0. The Morgan fingerprint density at radius 1 is 1.39 bits per heavy atom. The molecule has 1 aliphatic rings. The molecular weight excluding hydrogens is 290 g/mol. The zero-order chi connectivity index (χ0) is 16.9. The number of carbonyl (C=O) groups is 1. The number of nitrogens with zero attached hydrogens (tertiary/aromatic N) is 1. The first-order chi connectivity index (χ1) is 10.9. The molecule has 1 aromatic rings. The fraction of sp³-hybridized carbons (Fsp3) is 0.611. The van der Waals surface area contributed by atoms with Gasteiger partial charge in [-0.15, -0.1) is 0 Å². The summed E-state index contributed by atoms with van der Waals surface area (Å²) in [5, 5.41) is 7.03. The second kappa shape index (κ2) is 7.79. The fourth-order valence-corrected chi connectivity index (χ4v) is 2.71. The number of amides is 1. The van der Waals surface area contributed by atoms with Crippen molar-refractivity contribution >= 4 is 6.09 Å². The molecule has 1 unspecified atom stereocenters. The van der Waals surface area contributed by atoms with Crippen LogP contribution >= 0.6 is 0 Å². The van der Waals surface area contributed by atoms with Crippen molar-refractivity contribution in [2.45, 2.75) is 45.4 Å². The van der Waals surface area contributed by atoms with Gasteiger partial charge in [-0.1, -0.05) is 24.3 Å². The van der Waals surface area contributed by atoms with Crippen LogP contribution in [0.15, 0.2) is 24.3 Å². The topological polar surface area (TPSA) is 53.6 Å². The summed E-state index contributed by atoms with van der Waals surface area (Å²) in [6.07, 6.45) is 0.773. The van der Waals surface area contributed by atoms with Gasteiger partial charge in [0.25, 0.3) is 0 Å². The Morgan fingerprint density at radius 3 is 2.87 bits per heavy atom. The molecule has 1 atom stereocenters. The maximum absolute atomic E-state index is 12.0. The van der Waals surface area contributed by atoms with E-state index in [1.165, 1.54) is 11.1 Å². The minimum absolute atomic E-state index is 0.276. The highest BCUT2D eigenvalue weighted by molar-refractivity contribution is 5.67. The van der Waals surface area contributed by atoms with Gasteiger partial charge in [0.2, 0.25) is 0 Å². The molecule has 0 radical (unpaired) electrons. The molecule has 0 aromatic heterocycles. The Hall–Kier alpha value is -1.59. The van der Waals surface area contributed by atoms with Gasteiger partial charge in [0.1, 0.15) is 5.60 Å². The highest BCUT2D eigenvalue weighted by Crippen LogP contribution is 2.23. The number of benzene rings is 1. The van der Waals surface area contributed by atoms with Crippen LogP contribution in [0.25, 0.3) is 0 Å². The van der Waals surface area contributed by atoms with Crippen molar-refractivity contribution in [3.63, 3.8) is 0 Å². The monoisotopic (exact) mass is 319 g/mol. The van der Waals surface area contributed by atoms with Crippen LogP contribution in [0, 0.1) is 0 Å². The van der Waals surface area contributed by atoms with E-state index in [-0.39, 0.29) is 6.09 Å². The van der Waals surface area contributed by atoms with Gasteiger partial charge >= 0.3 is 6.09 Å². The molecule has 1 heterocycles. The summed E-state index contributed by atoms with van der Waals surface area (Å²) >= 11 is 0. The third-order valence-electron chi connectivity index (χ3n) is 3.90. The second-order valence-corrected chi connectivity index (χ2v) is 7.07. The minimum atomic E-state index is -0.454. The van der Waals surface area contributed by atoms with Crippen molar-refractivity contribution in [1.29, 1.82) is 0 Å². The Labute approximate surface area is 139 Å². The number of rotatable bonds is 4. The van der Waals surface area contributed by atoms with Gasteiger partial charge in [0.15, 0.2) is 0 Å². The summed E-state index contributed by atoms with van der Waals surface area (Å²) in [7, 11) is 1.78. The molecule has 0 aliphatic carbocycles. The van der Waals surface area contributed by atoms with Gasteiger partial charge in [-0.3, -0.25) is 0 Å². The summed E-state index contributed by atoms with van der Waals surface area (Å²) < 4.78 is 5.37. The van der Waals surface area contributed by atoms with Gasteiger partial charge in [-0.2, -0.15) is 0 Å². The van der Waals surface area contributed by atoms with Gasteiger partial charge in [0.05, 0.1) is 0 Å². The molecule has 0 fully saturated rings. The number of likely N-dealkylation sites (N-methyl/N-ethyl adjacent to an activating group) is 1. The van der Waals surface area contributed by atoms with E-state index in [2.05, 4.69) is 34.9 Å². The highest BCUT2D eigenvalue weighted by atomic mass is 16.6. The average Bonchev–Trinajstić information content (AvgIpc) is 2.68. The zero-order valence-corrected chi connectivity index (χ0v) is 14.7. The summed E-state index contributed by atoms with van der Waals surface area (Å²) in [4.78, 5) is 13.6. The van der Waals surface area contributed by atoms with Crippen LogP contribution in [-0.2, 0) is 11.3 Å². The predicted molar refractivity (Wildman–Crippen MR) is 92.4 cm³/mol. The molecule has 23 heavy (non-hydrogen) atoms. The van der Waals surface area contributed by atoms with E-state index in [4.69, 9.17) is 4.74 Å². The smallest absolute Gasteiger partial charge is 0.410 e. The molecule has 1 aromatic carbocycles. The first-order valence-electron chi connectivity index (χ1n) is 8.33. The van der Waals surface area contributed by atoms with E-state index >= 15 is 0 Å². The van der Waals surface area contributed by atoms with Crippen LogP contribution in [0.4, 0.5) is 4.79 Å². The molecule has 5 heteroatoms. The lowest BCUT2D eigenvalue weighted by Crippen LogP contribution is -2.38. The Bertz CT molecular complexity index is 525. The Morgan fingerprint density at radius 2 is 2.13 bits per heavy atom. The fourth-order valence-electron chi connectivity index (χ4n) is 2.71. The van der Waals surface area contributed by atoms with Crippen LogP contribution in [-0.4, -0.2) is 43.3 Å². The molecule has 1 aliphatic heterocycles. The molecular formula is C18H29N3O2. The zero-order valence-electron chi connectivity index (χ0n) is 14.7. The van der Waals surface area contributed by atoms with Crippen molar-refractivity contribution < 1.29 is 9.53 Å². The molecule has 0 saturated heterocycles. The van der Waals surface area contributed by atoms with E-state index in [1.54, 1.807) is 11.9 Å². The van der Waals surface area contributed by atoms with Crippen molar-refractivity contribution in [2.75, 3.05) is 26.7 Å². The van der Waals surface area contributed by atoms with Gasteiger partial charge in [-0.25, -0.2) is 4.79 Å². The molecule has 1 amide bonds. The second-order valence-electron chi connectivity index (χ2n) is 7.07. The number of hydrogen-bond acceptors (Lipinski definition) is 4. The van der Waals surface area contributed by atoms with Crippen LogP contribution in [0.1, 0.15) is 44.4 Å². The van der Waals surface area contributed by atoms with Crippen LogP contribution in [0.3, 0.4) is 0 Å². The number of fused-ring (bicyclic) bond motifs is 1. The predicted octanol–water partition coefficient (Wildman–Crippen LogP) is 2.68. The van der Waals surface area contributed by atoms with Crippen molar-refractivity contribution in [3.05, 3.63) is 35.4 Å². The maximum Gasteiger partial charge on any atom is 0.410 e. The Kier molecular flexibility index (Phi) is 6.02. The molecule has 0 saturated carbocycles.